The lowest BCUT2D eigenvalue weighted by molar-refractivity contribution is 0.0698. The van der Waals surface area contributed by atoms with E-state index in [2.05, 4.69) is 21.2 Å². The zero-order valence-corrected chi connectivity index (χ0v) is 16.2. The second-order valence-corrected chi connectivity index (χ2v) is 6.94. The van der Waals surface area contributed by atoms with E-state index in [1.807, 2.05) is 31.2 Å². The molecule has 3 rings (SSSR count). The smallest absolute Gasteiger partial charge is 0.337 e. The Morgan fingerprint density at radius 1 is 1.04 bits per heavy atom. The van der Waals surface area contributed by atoms with Crippen LogP contribution in [0.15, 0.2) is 59.1 Å². The first-order valence-corrected chi connectivity index (χ1v) is 9.28. The summed E-state index contributed by atoms with van der Waals surface area (Å²) in [5, 5.41) is 13.9. The zero-order valence-electron chi connectivity index (χ0n) is 14.7. The molecule has 0 heterocycles. The lowest BCUT2D eigenvalue weighted by atomic mass is 10.1. The number of carboxylic acid groups (broad SMARTS) is 1. The Kier molecular flexibility index (Phi) is 5.76. The number of fused-ring (bicyclic) bond motifs is 1. The van der Waals surface area contributed by atoms with Crippen LogP contribution in [0.25, 0.3) is 10.8 Å². The number of carbonyl (C=O) groups is 2. The van der Waals surface area contributed by atoms with Gasteiger partial charge in [-0.3, -0.25) is 4.79 Å². The van der Waals surface area contributed by atoms with E-state index in [4.69, 9.17) is 4.74 Å². The summed E-state index contributed by atoms with van der Waals surface area (Å²) in [7, 11) is 0. The summed E-state index contributed by atoms with van der Waals surface area (Å²) in [6.07, 6.45) is 0.936. The molecule has 0 aliphatic heterocycles. The predicted molar refractivity (Wildman–Crippen MR) is 109 cm³/mol. The highest BCUT2D eigenvalue weighted by Crippen LogP contribution is 2.24. The SMILES string of the molecule is CCCOc1ccc2cc(C(=O)Nc3ccc(Br)cc3C(=O)O)ccc2c1. The molecule has 138 valence electrons. The van der Waals surface area contributed by atoms with E-state index < -0.39 is 5.97 Å². The topological polar surface area (TPSA) is 75.6 Å². The van der Waals surface area contributed by atoms with Gasteiger partial charge in [0, 0.05) is 10.0 Å². The first-order chi connectivity index (χ1) is 13.0. The Morgan fingerprint density at radius 3 is 2.52 bits per heavy atom. The molecule has 0 unspecified atom stereocenters. The number of halogens is 1. The predicted octanol–water partition coefficient (Wildman–Crippen LogP) is 5.34. The molecule has 0 fully saturated rings. The van der Waals surface area contributed by atoms with Crippen molar-refractivity contribution >= 4 is 44.3 Å². The quantitative estimate of drug-likeness (QED) is 0.556. The maximum absolute atomic E-state index is 12.6. The molecule has 0 spiro atoms. The van der Waals surface area contributed by atoms with Crippen molar-refractivity contribution < 1.29 is 19.4 Å². The van der Waals surface area contributed by atoms with Crippen molar-refractivity contribution in [2.75, 3.05) is 11.9 Å². The Labute approximate surface area is 165 Å². The first-order valence-electron chi connectivity index (χ1n) is 8.48. The summed E-state index contributed by atoms with van der Waals surface area (Å²) in [5.41, 5.74) is 0.722. The standard InChI is InChI=1S/C21H18BrNO4/c1-2-9-27-17-7-5-13-10-15(4-3-14(13)11-17)20(24)23-19-8-6-16(22)12-18(19)21(25)26/h3-8,10-12H,2,9H2,1H3,(H,23,24)(H,25,26). The molecule has 27 heavy (non-hydrogen) atoms. The van der Waals surface area contributed by atoms with Crippen LogP contribution in [-0.4, -0.2) is 23.6 Å². The summed E-state index contributed by atoms with van der Waals surface area (Å²) in [4.78, 5) is 24.0. The number of nitrogens with one attached hydrogen (secondary N) is 1. The maximum Gasteiger partial charge on any atom is 0.337 e. The summed E-state index contributed by atoms with van der Waals surface area (Å²) in [6, 6.07) is 15.7. The number of carboxylic acids is 1. The summed E-state index contributed by atoms with van der Waals surface area (Å²) >= 11 is 3.24. The Balaban J connectivity index is 1.85. The third-order valence-electron chi connectivity index (χ3n) is 4.01. The fraction of sp³-hybridized carbons (Fsp3) is 0.143. The van der Waals surface area contributed by atoms with Crippen molar-refractivity contribution in [2.45, 2.75) is 13.3 Å². The summed E-state index contributed by atoms with van der Waals surface area (Å²) in [5.74, 6) is -0.680. The molecule has 0 saturated carbocycles. The van der Waals surface area contributed by atoms with Gasteiger partial charge in [-0.1, -0.05) is 35.0 Å². The molecule has 0 atom stereocenters. The van der Waals surface area contributed by atoms with E-state index in [1.165, 1.54) is 6.07 Å². The number of hydrogen-bond acceptors (Lipinski definition) is 3. The van der Waals surface area contributed by atoms with Crippen molar-refractivity contribution in [3.63, 3.8) is 0 Å². The molecule has 0 radical (unpaired) electrons. The Hall–Kier alpha value is -2.86. The minimum absolute atomic E-state index is 0.0243. The molecule has 6 heteroatoms. The third-order valence-corrected chi connectivity index (χ3v) is 4.50. The van der Waals surface area contributed by atoms with Gasteiger partial charge in [0.05, 0.1) is 17.9 Å². The van der Waals surface area contributed by atoms with Gasteiger partial charge in [-0.15, -0.1) is 0 Å². The van der Waals surface area contributed by atoms with Crippen LogP contribution in [0.3, 0.4) is 0 Å². The van der Waals surface area contributed by atoms with Crippen molar-refractivity contribution in [2.24, 2.45) is 0 Å². The zero-order chi connectivity index (χ0) is 19.4. The molecule has 3 aromatic rings. The highest BCUT2D eigenvalue weighted by Gasteiger charge is 2.14. The monoisotopic (exact) mass is 427 g/mol. The lowest BCUT2D eigenvalue weighted by Gasteiger charge is -2.10. The van der Waals surface area contributed by atoms with Crippen molar-refractivity contribution in [3.05, 3.63) is 70.2 Å². The van der Waals surface area contributed by atoms with Crippen molar-refractivity contribution in [1.29, 1.82) is 0 Å². The number of aromatic carboxylic acids is 1. The van der Waals surface area contributed by atoms with Gasteiger partial charge in [-0.25, -0.2) is 4.79 Å². The molecule has 0 saturated heterocycles. The van der Waals surface area contributed by atoms with E-state index in [-0.39, 0.29) is 17.2 Å². The number of benzene rings is 3. The second kappa shape index (κ2) is 8.22. The minimum atomic E-state index is -1.11. The summed E-state index contributed by atoms with van der Waals surface area (Å²) < 4.78 is 6.26. The minimum Gasteiger partial charge on any atom is -0.494 e. The molecule has 1 amide bonds. The van der Waals surface area contributed by atoms with Gasteiger partial charge in [0.2, 0.25) is 0 Å². The fourth-order valence-corrected chi connectivity index (χ4v) is 3.03. The second-order valence-electron chi connectivity index (χ2n) is 6.02. The van der Waals surface area contributed by atoms with Crippen LogP contribution in [0.4, 0.5) is 5.69 Å². The van der Waals surface area contributed by atoms with Crippen LogP contribution in [-0.2, 0) is 0 Å². The molecule has 5 nitrogen and oxygen atoms in total. The molecular formula is C21H18BrNO4. The number of anilines is 1. The first kappa shape index (κ1) is 18.9. The average molecular weight is 428 g/mol. The van der Waals surface area contributed by atoms with Crippen LogP contribution in [0.2, 0.25) is 0 Å². The molecule has 0 aromatic heterocycles. The molecule has 2 N–H and O–H groups in total. The number of hydrogen-bond donors (Lipinski definition) is 2. The highest BCUT2D eigenvalue weighted by atomic mass is 79.9. The van der Waals surface area contributed by atoms with Gasteiger partial charge in [-0.05, 0) is 59.7 Å². The van der Waals surface area contributed by atoms with Crippen LogP contribution in [0.5, 0.6) is 5.75 Å². The van der Waals surface area contributed by atoms with Crippen LogP contribution < -0.4 is 10.1 Å². The van der Waals surface area contributed by atoms with E-state index in [1.54, 1.807) is 24.3 Å². The van der Waals surface area contributed by atoms with Gasteiger partial charge in [-0.2, -0.15) is 0 Å². The van der Waals surface area contributed by atoms with E-state index in [0.29, 0.717) is 16.6 Å². The largest absolute Gasteiger partial charge is 0.494 e. The van der Waals surface area contributed by atoms with Crippen LogP contribution in [0, 0.1) is 0 Å². The van der Waals surface area contributed by atoms with Gasteiger partial charge >= 0.3 is 5.97 Å². The van der Waals surface area contributed by atoms with E-state index in [0.717, 1.165) is 22.9 Å². The van der Waals surface area contributed by atoms with Crippen LogP contribution in [0.1, 0.15) is 34.1 Å². The van der Waals surface area contributed by atoms with Crippen molar-refractivity contribution in [1.82, 2.24) is 0 Å². The Bertz CT molecular complexity index is 1020. The molecular weight excluding hydrogens is 410 g/mol. The average Bonchev–Trinajstić information content (AvgIpc) is 2.66. The fourth-order valence-electron chi connectivity index (χ4n) is 2.67. The van der Waals surface area contributed by atoms with Gasteiger partial charge in [0.1, 0.15) is 5.75 Å². The number of rotatable bonds is 6. The van der Waals surface area contributed by atoms with Crippen LogP contribution >= 0.6 is 15.9 Å². The number of ether oxygens (including phenoxy) is 1. The van der Waals surface area contributed by atoms with Gasteiger partial charge in [0.25, 0.3) is 5.91 Å². The normalized spacial score (nSPS) is 10.6. The lowest BCUT2D eigenvalue weighted by Crippen LogP contribution is -2.14. The van der Waals surface area contributed by atoms with Gasteiger partial charge in [0.15, 0.2) is 0 Å². The maximum atomic E-state index is 12.6. The highest BCUT2D eigenvalue weighted by molar-refractivity contribution is 9.10. The van der Waals surface area contributed by atoms with Crippen molar-refractivity contribution in [3.8, 4) is 5.75 Å². The van der Waals surface area contributed by atoms with Gasteiger partial charge < -0.3 is 15.2 Å². The molecule has 0 bridgehead atoms. The van der Waals surface area contributed by atoms with E-state index in [9.17, 15) is 14.7 Å². The number of carbonyl (C=O) groups excluding carboxylic acids is 1. The molecule has 0 aliphatic carbocycles. The molecule has 3 aromatic carbocycles. The molecule has 0 aliphatic rings. The number of amides is 1. The summed E-state index contributed by atoms with van der Waals surface area (Å²) in [6.45, 7) is 2.71. The Morgan fingerprint density at radius 2 is 1.78 bits per heavy atom. The van der Waals surface area contributed by atoms with E-state index >= 15 is 0 Å². The third kappa shape index (κ3) is 4.46.